The van der Waals surface area contributed by atoms with Crippen LogP contribution in [-0.4, -0.2) is 27.5 Å². The van der Waals surface area contributed by atoms with Gasteiger partial charge in [-0.2, -0.15) is 0 Å². The maximum absolute atomic E-state index is 12.1. The van der Waals surface area contributed by atoms with Gasteiger partial charge in [0.15, 0.2) is 5.75 Å². The first kappa shape index (κ1) is 14.6. The van der Waals surface area contributed by atoms with Crippen LogP contribution in [0, 0.1) is 0 Å². The second kappa shape index (κ2) is 5.42. The molecule has 1 aromatic heterocycles. The molecule has 0 bridgehead atoms. The molecule has 5 nitrogen and oxygen atoms in total. The number of aromatic hydroxyl groups is 1. The van der Waals surface area contributed by atoms with Crippen LogP contribution in [0.15, 0.2) is 6.20 Å². The van der Waals surface area contributed by atoms with Gasteiger partial charge in [-0.25, -0.2) is 0 Å². The predicted octanol–water partition coefficient (Wildman–Crippen LogP) is 2.21. The number of aliphatic carboxylic acids is 1. The van der Waals surface area contributed by atoms with E-state index in [-0.39, 0.29) is 11.0 Å². The standard InChI is InChI=1S/C9H7BrF3NO4/c10-2-5-8(17)4(1-7(15)16)6(3-14-5)18-9(11,12)13/h3,17H,1-2H2,(H,15,16). The second-order valence-corrected chi connectivity index (χ2v) is 3.71. The summed E-state index contributed by atoms with van der Waals surface area (Å²) in [5.41, 5.74) is -0.440. The number of nitrogens with zero attached hydrogens (tertiary/aromatic N) is 1. The molecule has 18 heavy (non-hydrogen) atoms. The van der Waals surface area contributed by atoms with Gasteiger partial charge in [0.25, 0.3) is 0 Å². The van der Waals surface area contributed by atoms with Gasteiger partial charge in [-0.15, -0.1) is 13.2 Å². The fourth-order valence-corrected chi connectivity index (χ4v) is 1.61. The first-order valence-electron chi connectivity index (χ1n) is 4.47. The summed E-state index contributed by atoms with van der Waals surface area (Å²) in [6.07, 6.45) is -5.07. The Balaban J connectivity index is 3.24. The van der Waals surface area contributed by atoms with E-state index < -0.39 is 35.8 Å². The van der Waals surface area contributed by atoms with Crippen molar-refractivity contribution in [2.75, 3.05) is 0 Å². The number of carboxylic acid groups (broad SMARTS) is 1. The molecule has 0 atom stereocenters. The lowest BCUT2D eigenvalue weighted by Gasteiger charge is -2.14. The molecule has 100 valence electrons. The lowest BCUT2D eigenvalue weighted by atomic mass is 10.1. The number of halogens is 4. The minimum Gasteiger partial charge on any atom is -0.506 e. The topological polar surface area (TPSA) is 79.7 Å². The zero-order chi connectivity index (χ0) is 13.9. The minimum absolute atomic E-state index is 0.0285. The van der Waals surface area contributed by atoms with E-state index in [1.165, 1.54) is 0 Å². The molecule has 0 saturated heterocycles. The van der Waals surface area contributed by atoms with Gasteiger partial charge in [0, 0.05) is 5.33 Å². The van der Waals surface area contributed by atoms with Crippen LogP contribution < -0.4 is 4.74 Å². The van der Waals surface area contributed by atoms with E-state index >= 15 is 0 Å². The van der Waals surface area contributed by atoms with Gasteiger partial charge in [0.1, 0.15) is 5.75 Å². The molecule has 0 unspecified atom stereocenters. The molecule has 9 heteroatoms. The molecular formula is C9H7BrF3NO4. The number of rotatable bonds is 4. The van der Waals surface area contributed by atoms with Crippen LogP contribution in [-0.2, 0) is 16.5 Å². The highest BCUT2D eigenvalue weighted by atomic mass is 79.9. The van der Waals surface area contributed by atoms with Crippen molar-refractivity contribution in [3.63, 3.8) is 0 Å². The SMILES string of the molecule is O=C(O)Cc1c(OC(F)(F)F)cnc(CBr)c1O. The molecule has 0 radical (unpaired) electrons. The van der Waals surface area contributed by atoms with Gasteiger partial charge >= 0.3 is 12.3 Å². The Hall–Kier alpha value is -1.51. The van der Waals surface area contributed by atoms with Crippen molar-refractivity contribution in [2.24, 2.45) is 0 Å². The molecule has 0 amide bonds. The van der Waals surface area contributed by atoms with E-state index in [9.17, 15) is 23.1 Å². The van der Waals surface area contributed by atoms with Crippen molar-refractivity contribution < 1.29 is 32.9 Å². The van der Waals surface area contributed by atoms with E-state index in [1.54, 1.807) is 0 Å². The zero-order valence-electron chi connectivity index (χ0n) is 8.66. The molecule has 1 heterocycles. The number of alkyl halides is 4. The normalized spacial score (nSPS) is 11.3. The summed E-state index contributed by atoms with van der Waals surface area (Å²) in [6.45, 7) is 0. The smallest absolute Gasteiger partial charge is 0.506 e. The first-order chi connectivity index (χ1) is 8.24. The molecule has 1 rings (SSSR count). The van der Waals surface area contributed by atoms with Gasteiger partial charge in [0.2, 0.25) is 0 Å². The molecule has 0 spiro atoms. The lowest BCUT2D eigenvalue weighted by Crippen LogP contribution is -2.19. The monoisotopic (exact) mass is 329 g/mol. The second-order valence-electron chi connectivity index (χ2n) is 3.15. The van der Waals surface area contributed by atoms with Gasteiger partial charge in [-0.1, -0.05) is 15.9 Å². The molecule has 0 aromatic carbocycles. The summed E-state index contributed by atoms with van der Waals surface area (Å²) in [4.78, 5) is 14.1. The highest BCUT2D eigenvalue weighted by Gasteiger charge is 2.33. The van der Waals surface area contributed by atoms with Gasteiger partial charge in [-0.05, 0) is 0 Å². The largest absolute Gasteiger partial charge is 0.573 e. The van der Waals surface area contributed by atoms with Crippen LogP contribution >= 0.6 is 15.9 Å². The molecular weight excluding hydrogens is 323 g/mol. The first-order valence-corrected chi connectivity index (χ1v) is 5.60. The number of carbonyl (C=O) groups is 1. The number of hydrogen-bond donors (Lipinski definition) is 2. The van der Waals surface area contributed by atoms with Crippen molar-refractivity contribution in [1.29, 1.82) is 0 Å². The van der Waals surface area contributed by atoms with Crippen molar-refractivity contribution in [1.82, 2.24) is 4.98 Å². The average Bonchev–Trinajstić information content (AvgIpc) is 2.21. The Morgan fingerprint density at radius 3 is 2.56 bits per heavy atom. The van der Waals surface area contributed by atoms with E-state index in [1.807, 2.05) is 0 Å². The zero-order valence-corrected chi connectivity index (χ0v) is 10.2. The summed E-state index contributed by atoms with van der Waals surface area (Å²) in [5.74, 6) is -2.85. The molecule has 2 N–H and O–H groups in total. The number of ether oxygens (including phenoxy) is 1. The number of carboxylic acids is 1. The Morgan fingerprint density at radius 1 is 1.50 bits per heavy atom. The van der Waals surface area contributed by atoms with Crippen LogP contribution in [0.2, 0.25) is 0 Å². The fraction of sp³-hybridized carbons (Fsp3) is 0.333. The third-order valence-corrected chi connectivity index (χ3v) is 2.41. The number of hydrogen-bond acceptors (Lipinski definition) is 4. The highest BCUT2D eigenvalue weighted by Crippen LogP contribution is 2.34. The number of pyridine rings is 1. The third kappa shape index (κ3) is 3.76. The maximum atomic E-state index is 12.1. The van der Waals surface area contributed by atoms with Gasteiger partial charge in [0.05, 0.1) is 23.9 Å². The van der Waals surface area contributed by atoms with Crippen LogP contribution in [0.4, 0.5) is 13.2 Å². The average molecular weight is 330 g/mol. The molecule has 0 fully saturated rings. The van der Waals surface area contributed by atoms with E-state index in [0.717, 1.165) is 6.20 Å². The fourth-order valence-electron chi connectivity index (χ4n) is 1.20. The van der Waals surface area contributed by atoms with E-state index in [4.69, 9.17) is 5.11 Å². The van der Waals surface area contributed by atoms with E-state index in [2.05, 4.69) is 25.7 Å². The lowest BCUT2D eigenvalue weighted by molar-refractivity contribution is -0.275. The van der Waals surface area contributed by atoms with Crippen LogP contribution in [0.3, 0.4) is 0 Å². The minimum atomic E-state index is -4.99. The summed E-state index contributed by atoms with van der Waals surface area (Å²) in [5, 5.41) is 18.3. The predicted molar refractivity (Wildman–Crippen MR) is 56.6 cm³/mol. The van der Waals surface area contributed by atoms with Gasteiger partial charge < -0.3 is 14.9 Å². The Morgan fingerprint density at radius 2 is 2.11 bits per heavy atom. The summed E-state index contributed by atoms with van der Waals surface area (Å²) in [7, 11) is 0. The summed E-state index contributed by atoms with van der Waals surface area (Å²) >= 11 is 2.96. The molecule has 0 aliphatic carbocycles. The Kier molecular flexibility index (Phi) is 4.38. The van der Waals surface area contributed by atoms with Gasteiger partial charge in [-0.3, -0.25) is 9.78 Å². The van der Waals surface area contributed by atoms with Crippen molar-refractivity contribution in [3.8, 4) is 11.5 Å². The van der Waals surface area contributed by atoms with Crippen molar-refractivity contribution in [2.45, 2.75) is 18.1 Å². The van der Waals surface area contributed by atoms with Crippen molar-refractivity contribution in [3.05, 3.63) is 17.5 Å². The molecule has 1 aromatic rings. The number of aromatic nitrogens is 1. The van der Waals surface area contributed by atoms with Crippen molar-refractivity contribution >= 4 is 21.9 Å². The summed E-state index contributed by atoms with van der Waals surface area (Å²) < 4.78 is 39.9. The molecule has 0 aliphatic rings. The third-order valence-electron chi connectivity index (χ3n) is 1.87. The Bertz CT molecular complexity index is 464. The van der Waals surface area contributed by atoms with E-state index in [0.29, 0.717) is 0 Å². The Labute approximate surface area is 107 Å². The highest BCUT2D eigenvalue weighted by molar-refractivity contribution is 9.08. The molecule has 0 saturated carbocycles. The van der Waals surface area contributed by atoms with Crippen LogP contribution in [0.25, 0.3) is 0 Å². The maximum Gasteiger partial charge on any atom is 0.573 e. The van der Waals surface area contributed by atoms with Crippen LogP contribution in [0.5, 0.6) is 11.5 Å². The summed E-state index contributed by atoms with van der Waals surface area (Å²) in [6, 6.07) is 0. The van der Waals surface area contributed by atoms with Crippen LogP contribution in [0.1, 0.15) is 11.3 Å². The quantitative estimate of drug-likeness (QED) is 0.828. The molecule has 0 aliphatic heterocycles.